The van der Waals surface area contributed by atoms with Gasteiger partial charge in [0.2, 0.25) is 21.8 Å². The van der Waals surface area contributed by atoms with Crippen LogP contribution in [0, 0.1) is 28.6 Å². The number of thiophene rings is 1. The topological polar surface area (TPSA) is 130 Å². The molecule has 2 aromatic rings. The van der Waals surface area contributed by atoms with E-state index >= 15 is 0 Å². The number of amides is 2. The minimum Gasteiger partial charge on any atom is -0.462 e. The van der Waals surface area contributed by atoms with Gasteiger partial charge in [0.25, 0.3) is 0 Å². The highest BCUT2D eigenvalue weighted by Crippen LogP contribution is 2.57. The van der Waals surface area contributed by atoms with Crippen molar-refractivity contribution in [2.45, 2.75) is 95.6 Å². The second-order valence-corrected chi connectivity index (χ2v) is 18.5. The van der Waals surface area contributed by atoms with Crippen molar-refractivity contribution in [3.8, 4) is 10.4 Å². The summed E-state index contributed by atoms with van der Waals surface area (Å²) >= 11 is 1.55. The molecule has 1 aromatic heterocycles. The molecule has 1 N–H and O–H groups in total. The first-order valence-electron chi connectivity index (χ1n) is 17.8. The highest BCUT2D eigenvalue weighted by Gasteiger charge is 2.60. The Morgan fingerprint density at radius 3 is 2.36 bits per heavy atom. The minimum absolute atomic E-state index is 0.0515. The van der Waals surface area contributed by atoms with Gasteiger partial charge in [0.15, 0.2) is 5.78 Å². The van der Waals surface area contributed by atoms with Gasteiger partial charge in [-0.1, -0.05) is 45.0 Å². The molecule has 0 radical (unpaired) electrons. The van der Waals surface area contributed by atoms with Gasteiger partial charge in [-0.15, -0.1) is 17.9 Å². The summed E-state index contributed by atoms with van der Waals surface area (Å²) in [4.78, 5) is 57.8. The van der Waals surface area contributed by atoms with Crippen molar-refractivity contribution in [3.63, 3.8) is 0 Å². The van der Waals surface area contributed by atoms with Crippen molar-refractivity contribution in [1.29, 1.82) is 0 Å². The zero-order valence-corrected chi connectivity index (χ0v) is 30.9. The van der Waals surface area contributed by atoms with Crippen LogP contribution in [0.15, 0.2) is 59.3 Å². The highest BCUT2D eigenvalue weighted by molar-refractivity contribution is 7.89. The Balaban J connectivity index is 1.26. The Morgan fingerprint density at radius 1 is 1.08 bits per heavy atom. The molecule has 3 saturated carbocycles. The van der Waals surface area contributed by atoms with E-state index in [9.17, 15) is 27.6 Å². The number of hydrogen-bond donors (Lipinski definition) is 1. The SMILES string of the molecule is C=C[C@@H]1C[C@]1(CC(=O)[C@@H]1CN(S(=O)(=O)c2ccc(-c3cccs3)cc2)CN1C(=O)[C@@H](CC(=O)OC1CCCC1)C(C)(C)C)C(=O)NCC1CC1. The number of benzene rings is 1. The van der Waals surface area contributed by atoms with Gasteiger partial charge >= 0.3 is 5.97 Å². The first kappa shape index (κ1) is 36.4. The van der Waals surface area contributed by atoms with Crippen LogP contribution in [-0.2, 0) is 33.9 Å². The van der Waals surface area contributed by atoms with Crippen LogP contribution < -0.4 is 5.32 Å². The molecule has 1 saturated heterocycles. The molecular weight excluding hydrogens is 675 g/mol. The molecule has 0 unspecified atom stereocenters. The van der Waals surface area contributed by atoms with Crippen molar-refractivity contribution in [1.82, 2.24) is 14.5 Å². The Labute approximate surface area is 299 Å². The smallest absolute Gasteiger partial charge is 0.306 e. The lowest BCUT2D eigenvalue weighted by Crippen LogP contribution is -2.49. The molecule has 4 fully saturated rings. The average molecular weight is 724 g/mol. The van der Waals surface area contributed by atoms with Crippen molar-refractivity contribution in [2.75, 3.05) is 19.8 Å². The van der Waals surface area contributed by atoms with E-state index in [1.807, 2.05) is 38.3 Å². The van der Waals surface area contributed by atoms with E-state index in [1.165, 1.54) is 9.21 Å². The Bertz CT molecular complexity index is 1710. The molecule has 1 aromatic carbocycles. The molecule has 0 bridgehead atoms. The average Bonchev–Trinajstić information content (AvgIpc) is 3.74. The molecule has 270 valence electrons. The maximum atomic E-state index is 14.5. The quantitative estimate of drug-likeness (QED) is 0.193. The number of nitrogens with one attached hydrogen (secondary N) is 1. The van der Waals surface area contributed by atoms with E-state index in [2.05, 4.69) is 11.9 Å². The van der Waals surface area contributed by atoms with Crippen LogP contribution in [0.5, 0.6) is 0 Å². The van der Waals surface area contributed by atoms with E-state index in [0.717, 1.165) is 49.0 Å². The van der Waals surface area contributed by atoms with Crippen LogP contribution in [0.2, 0.25) is 0 Å². The van der Waals surface area contributed by atoms with E-state index in [4.69, 9.17) is 4.74 Å². The highest BCUT2D eigenvalue weighted by atomic mass is 32.2. The fraction of sp³-hybridized carbons (Fsp3) is 0.579. The van der Waals surface area contributed by atoms with E-state index in [-0.39, 0.29) is 54.7 Å². The fourth-order valence-corrected chi connectivity index (χ4v) is 9.52. The minimum atomic E-state index is -4.12. The second kappa shape index (κ2) is 14.3. The summed E-state index contributed by atoms with van der Waals surface area (Å²) in [5.74, 6) is -2.12. The normalized spacial score (nSPS) is 24.9. The number of Topliss-reactive ketones (excluding diaryl/α,β-unsaturated/α-hetero) is 1. The summed E-state index contributed by atoms with van der Waals surface area (Å²) in [6.07, 6.45) is 7.40. The van der Waals surface area contributed by atoms with E-state index in [1.54, 1.807) is 41.7 Å². The van der Waals surface area contributed by atoms with Crippen LogP contribution in [-0.4, -0.2) is 73.1 Å². The number of ketones is 1. The van der Waals surface area contributed by atoms with Gasteiger partial charge in [-0.2, -0.15) is 4.31 Å². The number of carbonyl (C=O) groups is 4. The standard InChI is InChI=1S/C38H49N3O7S2/c1-5-27-20-38(27,36(45)39-22-25-12-13-25)21-32(42)31-23-40(50(46,47)29-16-14-26(15-17-29)33-11-8-18-49-33)24-41(31)35(44)30(37(2,3)4)19-34(43)48-28-9-6-7-10-28/h5,8,11,14-18,25,27-28,30-31H,1,6-7,9-10,12-13,19-24H2,2-4H3,(H,39,45)/t27-,30-,31+,38-/m1/s1. The van der Waals surface area contributed by atoms with Crippen molar-refractivity contribution in [3.05, 3.63) is 54.4 Å². The van der Waals surface area contributed by atoms with Crippen LogP contribution in [0.25, 0.3) is 10.4 Å². The molecule has 4 aliphatic rings. The van der Waals surface area contributed by atoms with Gasteiger partial charge < -0.3 is 15.0 Å². The van der Waals surface area contributed by atoms with Gasteiger partial charge in [-0.05, 0) is 91.3 Å². The summed E-state index contributed by atoms with van der Waals surface area (Å²) in [5, 5.41) is 4.97. The summed E-state index contributed by atoms with van der Waals surface area (Å²) in [7, 11) is -4.12. The molecule has 2 amide bonds. The van der Waals surface area contributed by atoms with Gasteiger partial charge in [-0.3, -0.25) is 19.2 Å². The third-order valence-corrected chi connectivity index (χ3v) is 13.7. The predicted octanol–water partition coefficient (Wildman–Crippen LogP) is 5.79. The summed E-state index contributed by atoms with van der Waals surface area (Å²) in [6.45, 7) is 9.41. The molecule has 1 aliphatic heterocycles. The van der Waals surface area contributed by atoms with E-state index in [0.29, 0.717) is 18.9 Å². The summed E-state index contributed by atoms with van der Waals surface area (Å²) < 4.78 is 35.1. The zero-order chi connectivity index (χ0) is 35.8. The molecule has 3 aliphatic carbocycles. The number of nitrogens with zero attached hydrogens (tertiary/aromatic N) is 2. The number of ether oxygens (including phenoxy) is 1. The summed E-state index contributed by atoms with van der Waals surface area (Å²) in [5.41, 5.74) is -0.785. The number of allylic oxidation sites excluding steroid dienone is 1. The van der Waals surface area contributed by atoms with Crippen LogP contribution in [0.3, 0.4) is 0 Å². The number of sulfonamides is 1. The largest absolute Gasteiger partial charge is 0.462 e. The fourth-order valence-electron chi connectivity index (χ4n) is 7.40. The Kier molecular flexibility index (Phi) is 10.5. The van der Waals surface area contributed by atoms with Crippen molar-refractivity contribution < 1.29 is 32.3 Å². The molecule has 4 atom stereocenters. The van der Waals surface area contributed by atoms with Gasteiger partial charge in [0.1, 0.15) is 12.1 Å². The molecule has 12 heteroatoms. The Morgan fingerprint density at radius 2 is 1.78 bits per heavy atom. The molecule has 0 spiro atoms. The van der Waals surface area contributed by atoms with Gasteiger partial charge in [0.05, 0.1) is 29.3 Å². The lowest BCUT2D eigenvalue weighted by molar-refractivity contribution is -0.156. The number of carbonyl (C=O) groups excluding carboxylic acids is 4. The van der Waals surface area contributed by atoms with Crippen molar-refractivity contribution >= 4 is 44.9 Å². The number of rotatable bonds is 14. The lowest BCUT2D eigenvalue weighted by atomic mass is 9.77. The molecule has 6 rings (SSSR count). The van der Waals surface area contributed by atoms with Gasteiger partial charge in [-0.25, -0.2) is 8.42 Å². The van der Waals surface area contributed by atoms with E-state index < -0.39 is 44.7 Å². The van der Waals surface area contributed by atoms with Crippen LogP contribution in [0.4, 0.5) is 0 Å². The first-order valence-corrected chi connectivity index (χ1v) is 20.1. The van der Waals surface area contributed by atoms with Crippen LogP contribution in [0.1, 0.15) is 78.6 Å². The second-order valence-electron chi connectivity index (χ2n) is 15.6. The maximum absolute atomic E-state index is 14.5. The molecular formula is C38H49N3O7S2. The monoisotopic (exact) mass is 723 g/mol. The summed E-state index contributed by atoms with van der Waals surface area (Å²) in [6, 6.07) is 9.34. The number of hydrogen-bond acceptors (Lipinski definition) is 8. The number of esters is 1. The van der Waals surface area contributed by atoms with Crippen LogP contribution >= 0.6 is 11.3 Å². The molecule has 50 heavy (non-hydrogen) atoms. The molecule has 2 heterocycles. The van der Waals surface area contributed by atoms with Crippen molar-refractivity contribution in [2.24, 2.45) is 28.6 Å². The Hall–Kier alpha value is -3.35. The third kappa shape index (κ3) is 7.77. The maximum Gasteiger partial charge on any atom is 0.306 e. The van der Waals surface area contributed by atoms with Gasteiger partial charge in [0, 0.05) is 24.4 Å². The first-order chi connectivity index (χ1) is 23.7. The zero-order valence-electron chi connectivity index (χ0n) is 29.3. The molecule has 10 nitrogen and oxygen atoms in total. The third-order valence-electron chi connectivity index (χ3n) is 10.9. The predicted molar refractivity (Wildman–Crippen MR) is 191 cm³/mol. The lowest BCUT2D eigenvalue weighted by Gasteiger charge is -2.34.